The Morgan fingerprint density at radius 3 is 2.26 bits per heavy atom. The molecule has 1 unspecified atom stereocenters. The number of carbonyl (C=O) groups is 1. The number of benzene rings is 2. The summed E-state index contributed by atoms with van der Waals surface area (Å²) in [6.07, 6.45) is 0.584. The summed E-state index contributed by atoms with van der Waals surface area (Å²) in [5.41, 5.74) is 2.20. The van der Waals surface area contributed by atoms with Crippen molar-refractivity contribution >= 4 is 5.97 Å². The predicted molar refractivity (Wildman–Crippen MR) is 71.9 cm³/mol. The Morgan fingerprint density at radius 2 is 1.74 bits per heavy atom. The molecule has 0 bridgehead atoms. The highest BCUT2D eigenvalue weighted by molar-refractivity contribution is 5.87. The summed E-state index contributed by atoms with van der Waals surface area (Å²) in [7, 11) is 0. The smallest absolute Gasteiger partial charge is 0.335 e. The Bertz CT molecular complexity index is 597. The van der Waals surface area contributed by atoms with E-state index in [0.29, 0.717) is 6.42 Å². The van der Waals surface area contributed by atoms with Crippen LogP contribution in [-0.2, 0) is 6.42 Å². The summed E-state index contributed by atoms with van der Waals surface area (Å²) >= 11 is 0. The number of hydrogen-bond acceptors (Lipinski definition) is 2. The Balaban J connectivity index is 2.16. The van der Waals surface area contributed by atoms with Gasteiger partial charge in [-0.25, -0.2) is 4.79 Å². The molecule has 0 radical (unpaired) electrons. The first-order valence-corrected chi connectivity index (χ1v) is 5.97. The molecule has 0 spiro atoms. The van der Waals surface area contributed by atoms with E-state index in [4.69, 9.17) is 5.11 Å². The lowest BCUT2D eigenvalue weighted by Gasteiger charge is -2.09. The minimum atomic E-state index is -0.938. The summed E-state index contributed by atoms with van der Waals surface area (Å²) in [6.45, 7) is 0. The van der Waals surface area contributed by atoms with Gasteiger partial charge in [0.25, 0.3) is 0 Å². The molecule has 1 N–H and O–H groups in total. The van der Waals surface area contributed by atoms with Gasteiger partial charge < -0.3 is 5.11 Å². The van der Waals surface area contributed by atoms with Crippen molar-refractivity contribution in [2.45, 2.75) is 12.3 Å². The number of carboxylic acids is 1. The first-order chi connectivity index (χ1) is 9.20. The van der Waals surface area contributed by atoms with Crippen molar-refractivity contribution < 1.29 is 9.90 Å². The van der Waals surface area contributed by atoms with E-state index in [0.717, 1.165) is 11.1 Å². The van der Waals surface area contributed by atoms with Gasteiger partial charge in [0.1, 0.15) is 0 Å². The predicted octanol–water partition coefficient (Wildman–Crippen LogP) is 3.23. The van der Waals surface area contributed by atoms with E-state index in [2.05, 4.69) is 6.07 Å². The van der Waals surface area contributed by atoms with Crippen molar-refractivity contribution in [2.75, 3.05) is 0 Å². The molecule has 0 saturated heterocycles. The van der Waals surface area contributed by atoms with Gasteiger partial charge in [-0.1, -0.05) is 42.5 Å². The van der Waals surface area contributed by atoms with Gasteiger partial charge in [0, 0.05) is 0 Å². The maximum absolute atomic E-state index is 10.8. The van der Waals surface area contributed by atoms with Gasteiger partial charge in [-0.05, 0) is 29.7 Å². The van der Waals surface area contributed by atoms with Gasteiger partial charge >= 0.3 is 5.97 Å². The van der Waals surface area contributed by atoms with Gasteiger partial charge in [0.05, 0.1) is 17.6 Å². The number of nitriles is 1. The molecule has 0 amide bonds. The second kappa shape index (κ2) is 5.83. The molecule has 0 aliphatic heterocycles. The highest BCUT2D eigenvalue weighted by Gasteiger charge is 2.11. The molecule has 2 aromatic rings. The summed E-state index contributed by atoms with van der Waals surface area (Å²) in [5, 5.41) is 18.1. The molecule has 0 aliphatic rings. The van der Waals surface area contributed by atoms with Gasteiger partial charge in [0.2, 0.25) is 0 Å². The monoisotopic (exact) mass is 251 g/mol. The summed E-state index contributed by atoms with van der Waals surface area (Å²) in [5.74, 6) is -1.15. The maximum Gasteiger partial charge on any atom is 0.335 e. The molecule has 94 valence electrons. The first-order valence-electron chi connectivity index (χ1n) is 5.97. The van der Waals surface area contributed by atoms with Crippen LogP contribution in [0.5, 0.6) is 0 Å². The van der Waals surface area contributed by atoms with Crippen LogP contribution in [0, 0.1) is 11.3 Å². The van der Waals surface area contributed by atoms with Crippen LogP contribution in [0.25, 0.3) is 0 Å². The third kappa shape index (κ3) is 3.20. The Labute approximate surface area is 111 Å². The van der Waals surface area contributed by atoms with Crippen molar-refractivity contribution in [3.05, 3.63) is 71.3 Å². The van der Waals surface area contributed by atoms with E-state index in [1.165, 1.54) is 0 Å². The lowest BCUT2D eigenvalue weighted by Crippen LogP contribution is -2.01. The van der Waals surface area contributed by atoms with Crippen molar-refractivity contribution in [2.24, 2.45) is 0 Å². The summed E-state index contributed by atoms with van der Waals surface area (Å²) in [4.78, 5) is 10.8. The maximum atomic E-state index is 10.8. The fraction of sp³-hybridized carbons (Fsp3) is 0.125. The molecule has 0 saturated carbocycles. The van der Waals surface area contributed by atoms with Gasteiger partial charge in [0.15, 0.2) is 0 Å². The Morgan fingerprint density at radius 1 is 1.11 bits per heavy atom. The molecule has 0 aliphatic carbocycles. The standard InChI is InChI=1S/C16H13NO2/c17-11-15(13-4-2-1-3-5-13)10-12-6-8-14(9-7-12)16(18)19/h1-9,15H,10H2,(H,18,19). The number of aromatic carboxylic acids is 1. The van der Waals surface area contributed by atoms with Gasteiger partial charge in [-0.2, -0.15) is 5.26 Å². The van der Waals surface area contributed by atoms with E-state index in [1.54, 1.807) is 24.3 Å². The molecule has 0 fully saturated rings. The van der Waals surface area contributed by atoms with Crippen LogP contribution in [-0.4, -0.2) is 11.1 Å². The highest BCUT2D eigenvalue weighted by Crippen LogP contribution is 2.20. The van der Waals surface area contributed by atoms with Crippen molar-refractivity contribution in [3.63, 3.8) is 0 Å². The highest BCUT2D eigenvalue weighted by atomic mass is 16.4. The van der Waals surface area contributed by atoms with Crippen LogP contribution in [0.1, 0.15) is 27.4 Å². The summed E-state index contributed by atoms with van der Waals surface area (Å²) in [6, 6.07) is 18.5. The fourth-order valence-electron chi connectivity index (χ4n) is 1.94. The molecular formula is C16H13NO2. The second-order valence-corrected chi connectivity index (χ2v) is 4.30. The number of carboxylic acid groups (broad SMARTS) is 1. The molecule has 3 heteroatoms. The average molecular weight is 251 g/mol. The second-order valence-electron chi connectivity index (χ2n) is 4.30. The average Bonchev–Trinajstić information content (AvgIpc) is 2.46. The zero-order valence-corrected chi connectivity index (χ0v) is 10.3. The molecule has 3 nitrogen and oxygen atoms in total. The van der Waals surface area contributed by atoms with Crippen LogP contribution in [0.3, 0.4) is 0 Å². The Kier molecular flexibility index (Phi) is 3.94. The van der Waals surface area contributed by atoms with Crippen molar-refractivity contribution in [1.29, 1.82) is 5.26 Å². The van der Waals surface area contributed by atoms with Crippen molar-refractivity contribution in [1.82, 2.24) is 0 Å². The Hall–Kier alpha value is -2.60. The normalized spacial score (nSPS) is 11.5. The van der Waals surface area contributed by atoms with E-state index in [1.807, 2.05) is 30.3 Å². The van der Waals surface area contributed by atoms with Crippen LogP contribution >= 0.6 is 0 Å². The third-order valence-corrected chi connectivity index (χ3v) is 3.00. The minimum Gasteiger partial charge on any atom is -0.478 e. The molecule has 0 aromatic heterocycles. The molecule has 1 atom stereocenters. The third-order valence-electron chi connectivity index (χ3n) is 3.00. The number of rotatable bonds is 4. The van der Waals surface area contributed by atoms with Crippen molar-refractivity contribution in [3.8, 4) is 6.07 Å². The minimum absolute atomic E-state index is 0.211. The SMILES string of the molecule is N#CC(Cc1ccc(C(=O)O)cc1)c1ccccc1. The van der Waals surface area contributed by atoms with Crippen LogP contribution in [0.2, 0.25) is 0 Å². The molecule has 2 aromatic carbocycles. The number of hydrogen-bond donors (Lipinski definition) is 1. The molecule has 0 heterocycles. The zero-order valence-electron chi connectivity index (χ0n) is 10.3. The molecular weight excluding hydrogens is 238 g/mol. The molecule has 19 heavy (non-hydrogen) atoms. The van der Waals surface area contributed by atoms with E-state index >= 15 is 0 Å². The van der Waals surface area contributed by atoms with E-state index in [-0.39, 0.29) is 11.5 Å². The quantitative estimate of drug-likeness (QED) is 0.907. The number of nitrogens with zero attached hydrogens (tertiary/aromatic N) is 1. The lowest BCUT2D eigenvalue weighted by atomic mass is 9.93. The van der Waals surface area contributed by atoms with Crippen LogP contribution < -0.4 is 0 Å². The van der Waals surface area contributed by atoms with E-state index < -0.39 is 5.97 Å². The molecule has 2 rings (SSSR count). The summed E-state index contributed by atoms with van der Waals surface area (Å²) < 4.78 is 0. The van der Waals surface area contributed by atoms with Gasteiger partial charge in [-0.15, -0.1) is 0 Å². The van der Waals surface area contributed by atoms with Crippen LogP contribution in [0.15, 0.2) is 54.6 Å². The lowest BCUT2D eigenvalue weighted by molar-refractivity contribution is 0.0697. The largest absolute Gasteiger partial charge is 0.478 e. The van der Waals surface area contributed by atoms with Gasteiger partial charge in [-0.3, -0.25) is 0 Å². The van der Waals surface area contributed by atoms with E-state index in [9.17, 15) is 10.1 Å². The topological polar surface area (TPSA) is 61.1 Å². The zero-order chi connectivity index (χ0) is 13.7. The van der Waals surface area contributed by atoms with Crippen LogP contribution in [0.4, 0.5) is 0 Å². The first kappa shape index (κ1) is 12.8. The fourth-order valence-corrected chi connectivity index (χ4v) is 1.94.